The average molecular weight is 722 g/mol. The molecular weight excluding hydrogens is 697 g/mol. The van der Waals surface area contributed by atoms with E-state index in [0.29, 0.717) is 0 Å². The van der Waals surface area contributed by atoms with Crippen LogP contribution in [0.4, 0.5) is 21.0 Å². The molecule has 1 saturated heterocycles. The number of anilines is 2. The molecule has 4 rings (SSSR count). The zero-order valence-corrected chi connectivity index (χ0v) is 26.0. The molecule has 6 atom stereocenters. The van der Waals surface area contributed by atoms with E-state index in [4.69, 9.17) is 24.0 Å². The highest BCUT2D eigenvalue weighted by Crippen LogP contribution is 2.66. The molecule has 1 fully saturated rings. The fourth-order valence-electron chi connectivity index (χ4n) is 4.02. The van der Waals surface area contributed by atoms with E-state index < -0.39 is 78.1 Å². The number of aromatic amines is 1. The monoisotopic (exact) mass is 722 g/mol. The van der Waals surface area contributed by atoms with Crippen LogP contribution >= 0.6 is 23.5 Å². The number of phosphoric ester groups is 1. The molecule has 2 heterocycles. The predicted molar refractivity (Wildman–Crippen MR) is 156 cm³/mol. The van der Waals surface area contributed by atoms with Gasteiger partial charge in [-0.05, 0) is 24.3 Å². The molecule has 0 spiro atoms. The molecule has 1 aliphatic rings. The highest BCUT2D eigenvalue weighted by Gasteiger charge is 2.52. The van der Waals surface area contributed by atoms with Crippen LogP contribution in [0.2, 0.25) is 0 Å². The Morgan fingerprint density at radius 3 is 1.83 bits per heavy atom. The van der Waals surface area contributed by atoms with Gasteiger partial charge in [-0.15, -0.1) is 0 Å². The Bertz CT molecular complexity index is 1830. The largest absolute Gasteiger partial charge is 0.490 e. The lowest BCUT2D eigenvalue weighted by Crippen LogP contribution is -2.44. The fraction of sp³-hybridized carbons (Fsp3) is 0.217. The van der Waals surface area contributed by atoms with E-state index in [1.54, 1.807) is 36.4 Å². The van der Waals surface area contributed by atoms with Crippen molar-refractivity contribution in [3.8, 4) is 0 Å². The van der Waals surface area contributed by atoms with Gasteiger partial charge in [-0.25, -0.2) is 28.1 Å². The maximum absolute atomic E-state index is 12.9. The SMILES string of the molecule is O=C(Nc1ccccc1)O[C@@H]1[C@H](OC(=O)Nc2ccccc2)[C@@H](COP(=O)(O)OP(=O)(O)OP(=O)(O)O)O[C@H]1n1ccc(=O)[nH]c1=O. The molecule has 0 aliphatic carbocycles. The first-order chi connectivity index (χ1) is 22.0. The van der Waals surface area contributed by atoms with Crippen LogP contribution in [-0.4, -0.2) is 66.2 Å². The summed E-state index contributed by atoms with van der Waals surface area (Å²) in [5.41, 5.74) is -1.39. The number of aromatic nitrogens is 2. The number of hydrogen-bond acceptors (Lipinski definition) is 13. The zero-order chi connectivity index (χ0) is 34.4. The highest BCUT2D eigenvalue weighted by atomic mass is 31.3. The normalized spacial score (nSPS) is 22.0. The van der Waals surface area contributed by atoms with Crippen LogP contribution in [0.15, 0.2) is 82.5 Å². The number of benzene rings is 2. The van der Waals surface area contributed by atoms with E-state index in [-0.39, 0.29) is 11.4 Å². The van der Waals surface area contributed by atoms with Crippen LogP contribution < -0.4 is 21.9 Å². The van der Waals surface area contributed by atoms with E-state index >= 15 is 0 Å². The van der Waals surface area contributed by atoms with Crippen LogP contribution in [0, 0.1) is 0 Å². The van der Waals surface area contributed by atoms with E-state index in [1.165, 1.54) is 24.3 Å². The molecule has 2 unspecified atom stereocenters. The number of carbonyl (C=O) groups excluding carboxylic acids is 2. The Morgan fingerprint density at radius 1 is 0.787 bits per heavy atom. The first-order valence-corrected chi connectivity index (χ1v) is 17.3. The van der Waals surface area contributed by atoms with Crippen LogP contribution in [-0.2, 0) is 41.1 Å². The maximum atomic E-state index is 12.9. The van der Waals surface area contributed by atoms with Gasteiger partial charge in [0.25, 0.3) is 5.56 Å². The first-order valence-electron chi connectivity index (χ1n) is 12.8. The summed E-state index contributed by atoms with van der Waals surface area (Å²) in [6.07, 6.45) is -8.42. The van der Waals surface area contributed by atoms with E-state index in [0.717, 1.165) is 16.8 Å². The molecule has 21 nitrogen and oxygen atoms in total. The van der Waals surface area contributed by atoms with Crippen molar-refractivity contribution in [1.82, 2.24) is 9.55 Å². The molecule has 2 aromatic carbocycles. The molecule has 0 radical (unpaired) electrons. The quantitative estimate of drug-likeness (QED) is 0.132. The molecule has 2 amide bonds. The summed E-state index contributed by atoms with van der Waals surface area (Å²) in [6, 6.07) is 16.6. The van der Waals surface area contributed by atoms with Gasteiger partial charge < -0.3 is 33.8 Å². The second-order valence-corrected chi connectivity index (χ2v) is 13.6. The van der Waals surface area contributed by atoms with Gasteiger partial charge in [-0.1, -0.05) is 36.4 Å². The molecule has 7 N–H and O–H groups in total. The fourth-order valence-corrected chi connectivity index (χ4v) is 7.05. The second-order valence-electron chi connectivity index (χ2n) is 9.19. The van der Waals surface area contributed by atoms with Gasteiger partial charge in [0, 0.05) is 23.6 Å². The predicted octanol–water partition coefficient (Wildman–Crippen LogP) is 2.01. The molecule has 1 aliphatic heterocycles. The van der Waals surface area contributed by atoms with Gasteiger partial charge in [-0.2, -0.15) is 8.62 Å². The number of ether oxygens (including phenoxy) is 3. The van der Waals surface area contributed by atoms with E-state index in [2.05, 4.69) is 23.8 Å². The summed E-state index contributed by atoms with van der Waals surface area (Å²) >= 11 is 0. The lowest BCUT2D eigenvalue weighted by Gasteiger charge is -2.25. The van der Waals surface area contributed by atoms with Gasteiger partial charge in [0.1, 0.15) is 6.10 Å². The minimum Gasteiger partial charge on any atom is -0.439 e. The van der Waals surface area contributed by atoms with Crippen LogP contribution in [0.25, 0.3) is 0 Å². The lowest BCUT2D eigenvalue weighted by atomic mass is 10.1. The minimum atomic E-state index is -5.90. The molecule has 3 aromatic rings. The third-order valence-electron chi connectivity index (χ3n) is 5.76. The summed E-state index contributed by atoms with van der Waals surface area (Å²) in [4.78, 5) is 89.1. The highest BCUT2D eigenvalue weighted by molar-refractivity contribution is 7.66. The third kappa shape index (κ3) is 10.8. The second kappa shape index (κ2) is 14.8. The van der Waals surface area contributed by atoms with Crippen molar-refractivity contribution in [2.24, 2.45) is 0 Å². The molecule has 24 heteroatoms. The van der Waals surface area contributed by atoms with Crippen molar-refractivity contribution in [1.29, 1.82) is 0 Å². The number of amides is 2. The Morgan fingerprint density at radius 2 is 1.32 bits per heavy atom. The summed E-state index contributed by atoms with van der Waals surface area (Å²) in [5.74, 6) is 0. The third-order valence-corrected chi connectivity index (χ3v) is 9.56. The van der Waals surface area contributed by atoms with Crippen LogP contribution in [0.5, 0.6) is 0 Å². The summed E-state index contributed by atoms with van der Waals surface area (Å²) in [7, 11) is -17.3. The van der Waals surface area contributed by atoms with E-state index in [1.807, 2.05) is 4.98 Å². The summed E-state index contributed by atoms with van der Waals surface area (Å²) < 4.78 is 64.6. The first kappa shape index (κ1) is 35.9. The van der Waals surface area contributed by atoms with Gasteiger partial charge in [0.15, 0.2) is 18.4 Å². The summed E-state index contributed by atoms with van der Waals surface area (Å²) in [5, 5.41) is 4.79. The van der Waals surface area contributed by atoms with Gasteiger partial charge in [0.05, 0.1) is 6.61 Å². The molecule has 254 valence electrons. The number of carbonyl (C=O) groups is 2. The Labute approximate surface area is 262 Å². The number of nitrogens with zero attached hydrogens (tertiary/aromatic N) is 1. The van der Waals surface area contributed by atoms with Crippen molar-refractivity contribution in [2.45, 2.75) is 24.5 Å². The Balaban J connectivity index is 1.65. The standard InChI is InChI=1S/C23H25N4O17P3/c28-17-11-12-27(21(29)26-17)20-19(42-23(31)25-15-9-5-2-6-10-15)18(41-22(30)24-14-7-3-1-4-8-14)16(40-20)13-39-46(35,36)44-47(37,38)43-45(32,33)34/h1-12,16,18-20H,13H2,(H,24,30)(H,25,31)(H,35,36)(H,37,38)(H,26,28,29)(H2,32,33,34)/t16-,18-,19-,20-/m1/s1. The summed E-state index contributed by atoms with van der Waals surface area (Å²) in [6.45, 7) is -1.18. The minimum absolute atomic E-state index is 0.244. The van der Waals surface area contributed by atoms with Crippen LogP contribution in [0.1, 0.15) is 6.23 Å². The number of rotatable bonds is 12. The average Bonchev–Trinajstić information content (AvgIpc) is 3.27. The smallest absolute Gasteiger partial charge is 0.439 e. The van der Waals surface area contributed by atoms with Crippen molar-refractivity contribution < 1.29 is 70.2 Å². The number of hydrogen-bond donors (Lipinski definition) is 7. The van der Waals surface area contributed by atoms with Crippen molar-refractivity contribution in [2.75, 3.05) is 17.2 Å². The topological polar surface area (TPSA) is 301 Å². The molecular formula is C23H25N4O17P3. The van der Waals surface area contributed by atoms with Crippen molar-refractivity contribution in [3.05, 3.63) is 93.8 Å². The number of phosphoric acid groups is 3. The number of para-hydroxylation sites is 2. The van der Waals surface area contributed by atoms with Crippen LogP contribution in [0.3, 0.4) is 0 Å². The van der Waals surface area contributed by atoms with Gasteiger partial charge in [-0.3, -0.25) is 29.5 Å². The van der Waals surface area contributed by atoms with Crippen molar-refractivity contribution >= 4 is 47.0 Å². The maximum Gasteiger partial charge on any atom is 0.490 e. The van der Waals surface area contributed by atoms with E-state index in [9.17, 15) is 42.7 Å². The lowest BCUT2D eigenvalue weighted by molar-refractivity contribution is -0.0553. The van der Waals surface area contributed by atoms with Gasteiger partial charge >= 0.3 is 41.3 Å². The number of nitrogens with one attached hydrogen (secondary N) is 3. The van der Waals surface area contributed by atoms with Gasteiger partial charge in [0.2, 0.25) is 0 Å². The zero-order valence-electron chi connectivity index (χ0n) is 23.3. The van der Waals surface area contributed by atoms with Crippen molar-refractivity contribution in [3.63, 3.8) is 0 Å². The molecule has 0 bridgehead atoms. The molecule has 47 heavy (non-hydrogen) atoms. The Hall–Kier alpha value is -3.97. The molecule has 0 saturated carbocycles. The number of H-pyrrole nitrogens is 1. The Kier molecular flexibility index (Phi) is 11.3. The molecule has 1 aromatic heterocycles.